The molecule has 0 saturated carbocycles. The molecule has 21 heavy (non-hydrogen) atoms. The lowest BCUT2D eigenvalue weighted by Crippen LogP contribution is -2.23. The Labute approximate surface area is 121 Å². The zero-order valence-electron chi connectivity index (χ0n) is 11.2. The fraction of sp³-hybridized carbons (Fsp3) is 0.143. The van der Waals surface area contributed by atoms with Crippen molar-refractivity contribution in [1.82, 2.24) is 3.97 Å². The largest absolute Gasteiger partial charge is 0.461 e. The summed E-state index contributed by atoms with van der Waals surface area (Å²) in [6.07, 6.45) is 1.39. The summed E-state index contributed by atoms with van der Waals surface area (Å²) < 4.78 is 31.3. The molecule has 0 unspecified atom stereocenters. The van der Waals surface area contributed by atoms with Crippen LogP contribution in [-0.2, 0) is 19.6 Å². The highest BCUT2D eigenvalue weighted by Crippen LogP contribution is 2.31. The number of carbonyl (C=O) groups excluding carboxylic acids is 1. The van der Waals surface area contributed by atoms with Crippen LogP contribution in [0.4, 0.5) is 5.69 Å². The summed E-state index contributed by atoms with van der Waals surface area (Å²) in [5.74, 6) is -0.649. The van der Waals surface area contributed by atoms with Crippen molar-refractivity contribution in [3.8, 4) is 0 Å². The molecule has 0 radical (unpaired) electrons. The van der Waals surface area contributed by atoms with Crippen molar-refractivity contribution in [3.63, 3.8) is 0 Å². The van der Waals surface area contributed by atoms with Gasteiger partial charge in [0.2, 0.25) is 0 Å². The van der Waals surface area contributed by atoms with Crippen molar-refractivity contribution < 1.29 is 17.9 Å². The van der Waals surface area contributed by atoms with E-state index in [2.05, 4.69) is 4.99 Å². The second-order valence-corrected chi connectivity index (χ2v) is 6.13. The first kappa shape index (κ1) is 13.6. The average Bonchev–Trinajstić information content (AvgIpc) is 2.92. The van der Waals surface area contributed by atoms with E-state index in [-0.39, 0.29) is 28.6 Å². The zero-order valence-corrected chi connectivity index (χ0v) is 12.0. The minimum absolute atomic E-state index is 0.0182. The van der Waals surface area contributed by atoms with Gasteiger partial charge in [-0.3, -0.25) is 0 Å². The van der Waals surface area contributed by atoms with E-state index in [4.69, 9.17) is 4.74 Å². The van der Waals surface area contributed by atoms with Gasteiger partial charge >= 0.3 is 5.97 Å². The summed E-state index contributed by atoms with van der Waals surface area (Å²) in [5.41, 5.74) is 0.407. The number of aromatic nitrogens is 1. The molecule has 0 spiro atoms. The van der Waals surface area contributed by atoms with Crippen LogP contribution in [0.2, 0.25) is 0 Å². The lowest BCUT2D eigenvalue weighted by Gasteiger charge is -2.08. The summed E-state index contributed by atoms with van der Waals surface area (Å²) in [7, 11) is -3.78. The molecule has 0 fully saturated rings. The van der Waals surface area contributed by atoms with E-state index >= 15 is 0 Å². The van der Waals surface area contributed by atoms with E-state index in [1.54, 1.807) is 31.2 Å². The molecule has 7 heteroatoms. The molecule has 0 atom stereocenters. The molecule has 0 bridgehead atoms. The maximum absolute atomic E-state index is 12.6. The minimum atomic E-state index is -3.78. The van der Waals surface area contributed by atoms with Gasteiger partial charge in [0.1, 0.15) is 4.90 Å². The van der Waals surface area contributed by atoms with Crippen LogP contribution in [0.5, 0.6) is 0 Å². The molecular formula is C14H12N2O4S. The molecule has 0 amide bonds. The zero-order chi connectivity index (χ0) is 15.0. The topological polar surface area (TPSA) is 77.7 Å². The normalized spacial score (nSPS) is 15.4. The van der Waals surface area contributed by atoms with E-state index in [1.165, 1.54) is 18.3 Å². The Balaban J connectivity index is 2.33. The maximum atomic E-state index is 12.6. The smallest absolute Gasteiger partial charge is 0.359 e. The van der Waals surface area contributed by atoms with Crippen LogP contribution >= 0.6 is 0 Å². The SMILES string of the molecule is CCOC(=O)C1=Nc2ccccc2S(=O)(=O)n2cccc21. The van der Waals surface area contributed by atoms with Crippen LogP contribution in [0.3, 0.4) is 0 Å². The van der Waals surface area contributed by atoms with Gasteiger partial charge in [0, 0.05) is 6.20 Å². The van der Waals surface area contributed by atoms with Crippen LogP contribution in [0.25, 0.3) is 0 Å². The summed E-state index contributed by atoms with van der Waals surface area (Å²) in [5, 5.41) is 0. The van der Waals surface area contributed by atoms with Crippen LogP contribution < -0.4 is 0 Å². The number of ether oxygens (including phenoxy) is 1. The summed E-state index contributed by atoms with van der Waals surface area (Å²) in [6, 6.07) is 9.38. The Bertz CT molecular complexity index is 849. The van der Waals surface area contributed by atoms with E-state index in [9.17, 15) is 13.2 Å². The third-order valence-corrected chi connectivity index (χ3v) is 4.80. The van der Waals surface area contributed by atoms with Crippen LogP contribution in [0.1, 0.15) is 12.6 Å². The van der Waals surface area contributed by atoms with Crippen LogP contribution in [0, 0.1) is 0 Å². The van der Waals surface area contributed by atoms with Crippen molar-refractivity contribution in [2.75, 3.05) is 6.61 Å². The number of fused-ring (bicyclic) bond motifs is 2. The Morgan fingerprint density at radius 3 is 2.76 bits per heavy atom. The van der Waals surface area contributed by atoms with Gasteiger partial charge in [-0.05, 0) is 31.2 Å². The van der Waals surface area contributed by atoms with Crippen molar-refractivity contribution in [2.24, 2.45) is 4.99 Å². The number of nitrogens with zero attached hydrogens (tertiary/aromatic N) is 2. The molecule has 0 N–H and O–H groups in total. The van der Waals surface area contributed by atoms with Gasteiger partial charge in [-0.25, -0.2) is 22.2 Å². The number of esters is 1. The predicted octanol–water partition coefficient (Wildman–Crippen LogP) is 1.72. The third kappa shape index (κ3) is 2.06. The Hall–Kier alpha value is -2.41. The second kappa shape index (κ2) is 4.85. The number of aliphatic imine (C=N–C) groups is 1. The van der Waals surface area contributed by atoms with E-state index < -0.39 is 16.0 Å². The Morgan fingerprint density at radius 2 is 2.00 bits per heavy atom. The standard InChI is InChI=1S/C14H12N2O4S/c1-2-20-14(17)13-11-7-5-9-16(11)21(18,19)12-8-4-3-6-10(12)15-13/h3-9H,2H2,1H3. The molecule has 1 aromatic heterocycles. The molecule has 0 saturated heterocycles. The Morgan fingerprint density at radius 1 is 1.24 bits per heavy atom. The fourth-order valence-electron chi connectivity index (χ4n) is 2.16. The van der Waals surface area contributed by atoms with Crippen molar-refractivity contribution in [2.45, 2.75) is 11.8 Å². The van der Waals surface area contributed by atoms with Crippen LogP contribution in [0.15, 0.2) is 52.5 Å². The van der Waals surface area contributed by atoms with Gasteiger partial charge < -0.3 is 4.74 Å². The number of rotatable bonds is 2. The van der Waals surface area contributed by atoms with Gasteiger partial charge in [-0.2, -0.15) is 0 Å². The monoisotopic (exact) mass is 304 g/mol. The molecule has 2 aromatic rings. The molecule has 0 aliphatic carbocycles. The van der Waals surface area contributed by atoms with Crippen molar-refractivity contribution >= 4 is 27.4 Å². The fourth-order valence-corrected chi connectivity index (χ4v) is 3.64. The number of carbonyl (C=O) groups is 1. The van der Waals surface area contributed by atoms with Gasteiger partial charge in [-0.15, -0.1) is 0 Å². The van der Waals surface area contributed by atoms with Crippen molar-refractivity contribution in [3.05, 3.63) is 48.3 Å². The first-order chi connectivity index (χ1) is 10.1. The summed E-state index contributed by atoms with van der Waals surface area (Å²) in [6.45, 7) is 1.87. The summed E-state index contributed by atoms with van der Waals surface area (Å²) >= 11 is 0. The molecular weight excluding hydrogens is 292 g/mol. The Kier molecular flexibility index (Phi) is 3.13. The molecule has 1 aromatic carbocycles. The number of hydrogen-bond donors (Lipinski definition) is 0. The number of para-hydroxylation sites is 1. The highest BCUT2D eigenvalue weighted by Gasteiger charge is 2.30. The van der Waals surface area contributed by atoms with Gasteiger partial charge in [0.05, 0.1) is 18.0 Å². The van der Waals surface area contributed by atoms with Gasteiger partial charge in [-0.1, -0.05) is 12.1 Å². The molecule has 6 nitrogen and oxygen atoms in total. The summed E-state index contributed by atoms with van der Waals surface area (Å²) in [4.78, 5) is 16.3. The number of benzene rings is 1. The van der Waals surface area contributed by atoms with Gasteiger partial charge in [0.25, 0.3) is 10.0 Å². The molecule has 108 valence electrons. The quantitative estimate of drug-likeness (QED) is 0.791. The molecule has 1 aliphatic rings. The highest BCUT2D eigenvalue weighted by molar-refractivity contribution is 7.90. The first-order valence-electron chi connectivity index (χ1n) is 6.34. The lowest BCUT2D eigenvalue weighted by atomic mass is 10.2. The first-order valence-corrected chi connectivity index (χ1v) is 7.78. The third-order valence-electron chi connectivity index (χ3n) is 3.06. The molecule has 1 aliphatic heterocycles. The average molecular weight is 304 g/mol. The van der Waals surface area contributed by atoms with E-state index in [1.807, 2.05) is 0 Å². The van der Waals surface area contributed by atoms with Gasteiger partial charge in [0.15, 0.2) is 5.71 Å². The maximum Gasteiger partial charge on any atom is 0.359 e. The molecule has 2 heterocycles. The van der Waals surface area contributed by atoms with E-state index in [0.29, 0.717) is 0 Å². The minimum Gasteiger partial charge on any atom is -0.461 e. The predicted molar refractivity (Wildman–Crippen MR) is 76.3 cm³/mol. The van der Waals surface area contributed by atoms with Crippen LogP contribution in [-0.4, -0.2) is 30.7 Å². The lowest BCUT2D eigenvalue weighted by molar-refractivity contribution is -0.134. The van der Waals surface area contributed by atoms with Crippen molar-refractivity contribution in [1.29, 1.82) is 0 Å². The number of hydrogen-bond acceptors (Lipinski definition) is 5. The highest BCUT2D eigenvalue weighted by atomic mass is 32.2. The van der Waals surface area contributed by atoms with E-state index in [0.717, 1.165) is 3.97 Å². The second-order valence-electron chi connectivity index (χ2n) is 4.34. The molecule has 3 rings (SSSR count).